The van der Waals surface area contributed by atoms with Gasteiger partial charge in [0.1, 0.15) is 0 Å². The van der Waals surface area contributed by atoms with Crippen LogP contribution in [0.4, 0.5) is 8.78 Å². The summed E-state index contributed by atoms with van der Waals surface area (Å²) < 4.78 is 22.0. The van der Waals surface area contributed by atoms with Gasteiger partial charge < -0.3 is 5.11 Å². The molecular weight excluding hydrogens is 124 g/mol. The first-order chi connectivity index (χ1) is 3.55. The molecule has 0 rings (SSSR count). The van der Waals surface area contributed by atoms with Crippen molar-refractivity contribution in [2.24, 2.45) is 0 Å². The Labute approximate surface area is 42.9 Å². The zero-order valence-corrected chi connectivity index (χ0v) is 3.62. The van der Waals surface area contributed by atoms with Gasteiger partial charge in [-0.1, -0.05) is 0 Å². The monoisotopic (exact) mass is 127 g/mol. The summed E-state index contributed by atoms with van der Waals surface area (Å²) in [6.07, 6.45) is -6.04. The Bertz CT molecular complexity index is 95.3. The van der Waals surface area contributed by atoms with Crippen LogP contribution in [0.1, 0.15) is 0 Å². The minimum atomic E-state index is -3.30. The molecule has 48 valence electrons. The van der Waals surface area contributed by atoms with E-state index in [1.807, 2.05) is 0 Å². The highest BCUT2D eigenvalue weighted by molar-refractivity contribution is 4.37. The van der Waals surface area contributed by atoms with Crippen molar-refractivity contribution >= 4 is 0 Å². The van der Waals surface area contributed by atoms with Gasteiger partial charge in [0, 0.05) is 0 Å². The van der Waals surface area contributed by atoms with Crippen molar-refractivity contribution in [1.29, 1.82) is 0 Å². The third-order valence-electron chi connectivity index (χ3n) is 0.441. The van der Waals surface area contributed by atoms with Crippen LogP contribution < -0.4 is 0 Å². The van der Waals surface area contributed by atoms with Crippen molar-refractivity contribution < 1.29 is 18.8 Å². The van der Waals surface area contributed by atoms with E-state index >= 15 is 0 Å². The van der Waals surface area contributed by atoms with Crippen LogP contribution in [0.3, 0.4) is 0 Å². The van der Waals surface area contributed by atoms with Crippen molar-refractivity contribution in [3.8, 4) is 0 Å². The maximum Gasteiger partial charge on any atom is 0.373 e. The van der Waals surface area contributed by atoms with Crippen LogP contribution >= 0.6 is 0 Å². The summed E-state index contributed by atoms with van der Waals surface area (Å²) in [5.74, 6) is 0. The van der Waals surface area contributed by atoms with E-state index in [2.05, 4.69) is 0 Å². The van der Waals surface area contributed by atoms with E-state index in [9.17, 15) is 18.9 Å². The molecule has 1 unspecified atom stereocenters. The van der Waals surface area contributed by atoms with Gasteiger partial charge in [-0.3, -0.25) is 10.1 Å². The van der Waals surface area contributed by atoms with Gasteiger partial charge in [-0.2, -0.15) is 8.78 Å². The normalized spacial score (nSPS) is 14.0. The Kier molecular flexibility index (Phi) is 2.26. The lowest BCUT2D eigenvalue weighted by Crippen LogP contribution is -2.26. The van der Waals surface area contributed by atoms with Crippen molar-refractivity contribution in [2.45, 2.75) is 12.7 Å². The first-order valence-electron chi connectivity index (χ1n) is 1.65. The van der Waals surface area contributed by atoms with E-state index in [0.29, 0.717) is 0 Å². The lowest BCUT2D eigenvalue weighted by molar-refractivity contribution is -0.586. The van der Waals surface area contributed by atoms with Crippen LogP contribution in [-0.2, 0) is 0 Å². The van der Waals surface area contributed by atoms with Crippen LogP contribution in [0, 0.1) is 10.1 Å². The number of alkyl halides is 2. The molecule has 0 aromatic rings. The third-order valence-corrected chi connectivity index (χ3v) is 0.441. The molecule has 0 bridgehead atoms. The smallest absolute Gasteiger partial charge is 0.328 e. The van der Waals surface area contributed by atoms with Crippen LogP contribution in [0.2, 0.25) is 0 Å². The largest absolute Gasteiger partial charge is 0.373 e. The van der Waals surface area contributed by atoms with E-state index in [0.717, 1.165) is 0 Å². The number of halogens is 2. The highest BCUT2D eigenvalue weighted by atomic mass is 19.3. The number of rotatable bonds is 2. The first-order valence-corrected chi connectivity index (χ1v) is 1.65. The van der Waals surface area contributed by atoms with E-state index in [1.165, 1.54) is 0 Å². The molecule has 0 saturated carbocycles. The van der Waals surface area contributed by atoms with Crippen molar-refractivity contribution in [3.63, 3.8) is 0 Å². The number of hydrogen-bond donors (Lipinski definition) is 1. The topological polar surface area (TPSA) is 63.4 Å². The molecular formula is C2H3F2NO3. The van der Waals surface area contributed by atoms with E-state index in [-0.39, 0.29) is 0 Å². The molecule has 0 spiro atoms. The number of aliphatic hydroxyl groups is 1. The average Bonchev–Trinajstić information content (AvgIpc) is 1.64. The summed E-state index contributed by atoms with van der Waals surface area (Å²) in [6.45, 7) is 0. The zero-order chi connectivity index (χ0) is 6.73. The van der Waals surface area contributed by atoms with Crippen molar-refractivity contribution in [2.75, 3.05) is 0 Å². The Morgan fingerprint density at radius 2 is 2.00 bits per heavy atom. The van der Waals surface area contributed by atoms with Gasteiger partial charge in [0.2, 0.25) is 0 Å². The average molecular weight is 127 g/mol. The lowest BCUT2D eigenvalue weighted by Gasteiger charge is -1.97. The molecule has 0 amide bonds. The highest BCUT2D eigenvalue weighted by Gasteiger charge is 2.27. The van der Waals surface area contributed by atoms with Crippen molar-refractivity contribution in [1.82, 2.24) is 0 Å². The summed E-state index contributed by atoms with van der Waals surface area (Å²) in [5.41, 5.74) is 0. The second-order valence-corrected chi connectivity index (χ2v) is 1.03. The quantitative estimate of drug-likeness (QED) is 0.318. The molecule has 0 heterocycles. The summed E-state index contributed by atoms with van der Waals surface area (Å²) in [6, 6.07) is 0. The first kappa shape index (κ1) is 7.22. The molecule has 0 aromatic carbocycles. The van der Waals surface area contributed by atoms with Crippen molar-refractivity contribution in [3.05, 3.63) is 10.1 Å². The number of nitrogens with zero attached hydrogens (tertiary/aromatic N) is 1. The molecule has 6 heteroatoms. The standard InChI is InChI=1S/C2H3F2NO3/c3-1(4)2(6)5(7)8/h1-2,6H. The number of aliphatic hydroxyl groups excluding tert-OH is 1. The minimum absolute atomic E-state index is 1.45. The Balaban J connectivity index is 3.64. The molecule has 1 atom stereocenters. The van der Waals surface area contributed by atoms with Gasteiger partial charge in [0.25, 0.3) is 0 Å². The SMILES string of the molecule is O=[N+]([O-])C(O)C(F)F. The molecule has 0 radical (unpaired) electrons. The second kappa shape index (κ2) is 2.51. The van der Waals surface area contributed by atoms with Crippen LogP contribution in [-0.4, -0.2) is 22.7 Å². The molecule has 0 aliphatic rings. The molecule has 8 heavy (non-hydrogen) atoms. The van der Waals surface area contributed by atoms with E-state index in [4.69, 9.17) is 5.11 Å². The summed E-state index contributed by atoms with van der Waals surface area (Å²) in [4.78, 5) is 7.76. The molecule has 0 aliphatic carbocycles. The van der Waals surface area contributed by atoms with Crippen LogP contribution in [0.25, 0.3) is 0 Å². The van der Waals surface area contributed by atoms with Gasteiger partial charge in [0.05, 0.1) is 4.92 Å². The van der Waals surface area contributed by atoms with Gasteiger partial charge in [-0.05, 0) is 0 Å². The Hall–Kier alpha value is -0.780. The third kappa shape index (κ3) is 1.78. The minimum Gasteiger partial charge on any atom is -0.328 e. The Morgan fingerprint density at radius 1 is 1.62 bits per heavy atom. The summed E-state index contributed by atoms with van der Waals surface area (Å²) in [5, 5.41) is 17.0. The molecule has 0 fully saturated rings. The fraction of sp³-hybridized carbons (Fsp3) is 1.00. The van der Waals surface area contributed by atoms with Gasteiger partial charge in [0.15, 0.2) is 0 Å². The van der Waals surface area contributed by atoms with E-state index in [1.54, 1.807) is 0 Å². The predicted molar refractivity (Wildman–Crippen MR) is 19.0 cm³/mol. The summed E-state index contributed by atoms with van der Waals surface area (Å²) in [7, 11) is 0. The molecule has 0 saturated heterocycles. The van der Waals surface area contributed by atoms with Crippen LogP contribution in [0.15, 0.2) is 0 Å². The van der Waals surface area contributed by atoms with Gasteiger partial charge in [-0.15, -0.1) is 0 Å². The lowest BCUT2D eigenvalue weighted by atomic mass is 10.6. The maximum absolute atomic E-state index is 11.0. The number of nitro groups is 1. The number of hydrogen-bond acceptors (Lipinski definition) is 3. The molecule has 0 aromatic heterocycles. The summed E-state index contributed by atoms with van der Waals surface area (Å²) >= 11 is 0. The van der Waals surface area contributed by atoms with Gasteiger partial charge >= 0.3 is 12.7 Å². The van der Waals surface area contributed by atoms with Gasteiger partial charge in [-0.25, -0.2) is 0 Å². The fourth-order valence-electron chi connectivity index (χ4n) is 0.0920. The van der Waals surface area contributed by atoms with E-state index < -0.39 is 17.6 Å². The molecule has 4 nitrogen and oxygen atoms in total. The molecule has 0 aliphatic heterocycles. The zero-order valence-electron chi connectivity index (χ0n) is 3.62. The second-order valence-electron chi connectivity index (χ2n) is 1.03. The fourth-order valence-corrected chi connectivity index (χ4v) is 0.0920. The molecule has 1 N–H and O–H groups in total. The maximum atomic E-state index is 11.0. The predicted octanol–water partition coefficient (Wildman–Crippen LogP) is -0.153. The highest BCUT2D eigenvalue weighted by Crippen LogP contribution is 1.99. The Morgan fingerprint density at radius 3 is 2.00 bits per heavy atom. The van der Waals surface area contributed by atoms with Crippen LogP contribution in [0.5, 0.6) is 0 Å².